The molecule has 5 rings (SSSR count). The Hall–Kier alpha value is -2.14. The van der Waals surface area contributed by atoms with Gasteiger partial charge in [0.25, 0.3) is 0 Å². The Morgan fingerprint density at radius 1 is 1.23 bits per heavy atom. The number of hydrogen-bond donors (Lipinski definition) is 1. The first kappa shape index (κ1) is 13.5. The topological polar surface area (TPSA) is 50.2 Å². The molecule has 3 aliphatic rings. The Kier molecular flexibility index (Phi) is 3.42. The lowest BCUT2D eigenvalue weighted by Gasteiger charge is -2.44. The maximum Gasteiger partial charge on any atom is 0.325 e. The Morgan fingerprint density at radius 2 is 2.09 bits per heavy atom. The largest absolute Gasteiger partial charge is 0.333 e. The van der Waals surface area contributed by atoms with Gasteiger partial charge in [-0.1, -0.05) is 6.07 Å². The number of nitrogens with one attached hydrogen (secondary N) is 1. The van der Waals surface area contributed by atoms with E-state index >= 15 is 0 Å². The van der Waals surface area contributed by atoms with Crippen molar-refractivity contribution >= 4 is 6.03 Å². The van der Waals surface area contributed by atoms with Gasteiger partial charge in [-0.15, -0.1) is 0 Å². The van der Waals surface area contributed by atoms with Crippen LogP contribution in [-0.2, 0) is 0 Å². The van der Waals surface area contributed by atoms with Gasteiger partial charge < -0.3 is 10.2 Å². The average Bonchev–Trinajstić information content (AvgIpc) is 3.07. The number of amides is 1. The lowest BCUT2D eigenvalue weighted by Crippen LogP contribution is -2.57. The predicted molar refractivity (Wildman–Crippen MR) is 84.5 cm³/mol. The molecular weight excluding hydrogens is 276 g/mol. The lowest BCUT2D eigenvalue weighted by molar-refractivity contribution is 0.0767. The van der Waals surface area contributed by atoms with Crippen LogP contribution in [0.15, 0.2) is 43.0 Å². The number of piperidine rings is 3. The summed E-state index contributed by atoms with van der Waals surface area (Å²) in [6, 6.07) is 6.11. The van der Waals surface area contributed by atoms with E-state index in [-0.39, 0.29) is 6.03 Å². The highest BCUT2D eigenvalue weighted by molar-refractivity contribution is 5.79. The highest BCUT2D eigenvalue weighted by atomic mass is 16.2. The molecule has 0 unspecified atom stereocenters. The van der Waals surface area contributed by atoms with Crippen LogP contribution < -0.4 is 5.32 Å². The molecule has 114 valence electrons. The fraction of sp³-hybridized carbons (Fsp3) is 0.412. The Balaban J connectivity index is 1.46. The minimum absolute atomic E-state index is 0.0334. The van der Waals surface area contributed by atoms with Crippen LogP contribution in [0, 0.1) is 5.92 Å². The highest BCUT2D eigenvalue weighted by Gasteiger charge is 2.34. The minimum atomic E-state index is -0.0334. The third-order valence-corrected chi connectivity index (χ3v) is 4.89. The molecule has 0 spiro atoms. The quantitative estimate of drug-likeness (QED) is 0.924. The number of carbonyl (C=O) groups is 1. The Labute approximate surface area is 130 Å². The van der Waals surface area contributed by atoms with Gasteiger partial charge in [0.05, 0.1) is 0 Å². The third kappa shape index (κ3) is 2.52. The summed E-state index contributed by atoms with van der Waals surface area (Å²) in [5.74, 6) is 0.641. The molecule has 2 aromatic rings. The van der Waals surface area contributed by atoms with Crippen LogP contribution in [0.2, 0.25) is 0 Å². The van der Waals surface area contributed by atoms with Crippen LogP contribution in [0.1, 0.15) is 12.8 Å². The normalized spacial score (nSPS) is 26.8. The number of hydrogen-bond acceptors (Lipinski definition) is 3. The van der Waals surface area contributed by atoms with Crippen LogP contribution in [0.4, 0.5) is 4.79 Å². The molecule has 0 aliphatic carbocycles. The summed E-state index contributed by atoms with van der Waals surface area (Å²) in [6.07, 6.45) is 9.66. The molecule has 3 saturated heterocycles. The van der Waals surface area contributed by atoms with Gasteiger partial charge in [-0.05, 0) is 44.0 Å². The molecule has 1 atom stereocenters. The zero-order chi connectivity index (χ0) is 14.9. The smallest absolute Gasteiger partial charge is 0.325 e. The molecule has 1 N–H and O–H groups in total. The van der Waals surface area contributed by atoms with E-state index in [2.05, 4.69) is 15.2 Å². The van der Waals surface area contributed by atoms with E-state index < -0.39 is 0 Å². The van der Waals surface area contributed by atoms with Crippen LogP contribution in [0.5, 0.6) is 0 Å². The standard InChI is InChI=1S/C17H20N4O/c22-17(19-16-12-20-7-3-13(16)4-8-20)21-9-5-15(11-21)14-2-1-6-18-10-14/h1-2,5-6,9-11,13,16H,3-4,7-8,12H2,(H,19,22)/t16-/m0/s1. The fourth-order valence-electron chi connectivity index (χ4n) is 3.59. The summed E-state index contributed by atoms with van der Waals surface area (Å²) >= 11 is 0. The van der Waals surface area contributed by atoms with Crippen molar-refractivity contribution in [2.45, 2.75) is 18.9 Å². The Bertz CT molecular complexity index is 658. The third-order valence-electron chi connectivity index (χ3n) is 4.89. The second kappa shape index (κ2) is 5.57. The van der Waals surface area contributed by atoms with E-state index in [9.17, 15) is 4.79 Å². The van der Waals surface area contributed by atoms with Gasteiger partial charge in [0, 0.05) is 48.5 Å². The molecule has 5 heterocycles. The summed E-state index contributed by atoms with van der Waals surface area (Å²) in [6.45, 7) is 3.37. The first-order chi connectivity index (χ1) is 10.8. The summed E-state index contributed by atoms with van der Waals surface area (Å²) in [5.41, 5.74) is 2.04. The number of pyridine rings is 1. The van der Waals surface area contributed by atoms with Gasteiger partial charge >= 0.3 is 6.03 Å². The van der Waals surface area contributed by atoms with Gasteiger partial charge in [0.1, 0.15) is 0 Å². The molecular formula is C17H20N4O. The van der Waals surface area contributed by atoms with E-state index in [0.29, 0.717) is 12.0 Å². The number of aromatic nitrogens is 2. The van der Waals surface area contributed by atoms with E-state index in [0.717, 1.165) is 17.7 Å². The van der Waals surface area contributed by atoms with E-state index in [1.54, 1.807) is 10.8 Å². The van der Waals surface area contributed by atoms with Crippen LogP contribution in [0.25, 0.3) is 11.1 Å². The highest BCUT2D eigenvalue weighted by Crippen LogP contribution is 2.27. The molecule has 22 heavy (non-hydrogen) atoms. The number of carbonyl (C=O) groups excluding carboxylic acids is 1. The Morgan fingerprint density at radius 3 is 2.77 bits per heavy atom. The SMILES string of the molecule is O=C(N[C@H]1CN2CCC1CC2)n1ccc(-c2cccnc2)c1. The fourth-order valence-corrected chi connectivity index (χ4v) is 3.59. The molecule has 3 fully saturated rings. The summed E-state index contributed by atoms with van der Waals surface area (Å²) in [4.78, 5) is 19.0. The van der Waals surface area contributed by atoms with Gasteiger partial charge in [0.2, 0.25) is 0 Å². The molecule has 0 radical (unpaired) electrons. The molecule has 1 amide bonds. The molecule has 5 nitrogen and oxygen atoms in total. The molecule has 2 aromatic heterocycles. The zero-order valence-corrected chi connectivity index (χ0v) is 12.5. The van der Waals surface area contributed by atoms with Crippen molar-refractivity contribution < 1.29 is 4.79 Å². The summed E-state index contributed by atoms with van der Waals surface area (Å²) in [5, 5.41) is 3.20. The number of fused-ring (bicyclic) bond motifs is 3. The van der Waals surface area contributed by atoms with E-state index in [4.69, 9.17) is 0 Å². The van der Waals surface area contributed by atoms with Crippen LogP contribution in [-0.4, -0.2) is 46.2 Å². The summed E-state index contributed by atoms with van der Waals surface area (Å²) in [7, 11) is 0. The maximum atomic E-state index is 12.5. The van der Waals surface area contributed by atoms with Gasteiger partial charge in [-0.3, -0.25) is 9.55 Å². The van der Waals surface area contributed by atoms with Crippen molar-refractivity contribution in [2.75, 3.05) is 19.6 Å². The minimum Gasteiger partial charge on any atom is -0.333 e. The molecule has 2 bridgehead atoms. The lowest BCUT2D eigenvalue weighted by atomic mass is 9.84. The van der Waals surface area contributed by atoms with Gasteiger partial charge in [-0.25, -0.2) is 4.79 Å². The van der Waals surface area contributed by atoms with Crippen molar-refractivity contribution in [1.29, 1.82) is 0 Å². The van der Waals surface area contributed by atoms with Crippen molar-refractivity contribution in [1.82, 2.24) is 19.8 Å². The first-order valence-electron chi connectivity index (χ1n) is 7.91. The second-order valence-corrected chi connectivity index (χ2v) is 6.24. The van der Waals surface area contributed by atoms with Crippen molar-refractivity contribution in [3.63, 3.8) is 0 Å². The van der Waals surface area contributed by atoms with Gasteiger partial charge in [0.15, 0.2) is 0 Å². The first-order valence-corrected chi connectivity index (χ1v) is 7.91. The zero-order valence-electron chi connectivity index (χ0n) is 12.5. The van der Waals surface area contributed by atoms with Crippen LogP contribution in [0.3, 0.4) is 0 Å². The molecule has 0 saturated carbocycles. The molecule has 3 aliphatic heterocycles. The number of rotatable bonds is 2. The van der Waals surface area contributed by atoms with E-state index in [1.807, 2.05) is 36.8 Å². The van der Waals surface area contributed by atoms with E-state index in [1.165, 1.54) is 25.9 Å². The average molecular weight is 296 g/mol. The second-order valence-electron chi connectivity index (χ2n) is 6.24. The predicted octanol–water partition coefficient (Wildman–Crippen LogP) is 2.20. The summed E-state index contributed by atoms with van der Waals surface area (Å²) < 4.78 is 1.64. The van der Waals surface area contributed by atoms with Crippen molar-refractivity contribution in [3.8, 4) is 11.1 Å². The van der Waals surface area contributed by atoms with Crippen LogP contribution >= 0.6 is 0 Å². The van der Waals surface area contributed by atoms with Gasteiger partial charge in [-0.2, -0.15) is 0 Å². The maximum absolute atomic E-state index is 12.5. The number of nitrogens with zero attached hydrogens (tertiary/aromatic N) is 3. The molecule has 5 heteroatoms. The monoisotopic (exact) mass is 296 g/mol. The van der Waals surface area contributed by atoms with Crippen molar-refractivity contribution in [2.24, 2.45) is 5.92 Å². The van der Waals surface area contributed by atoms with Crippen molar-refractivity contribution in [3.05, 3.63) is 43.0 Å². The molecule has 0 aromatic carbocycles.